The van der Waals surface area contributed by atoms with Gasteiger partial charge in [-0.2, -0.15) is 0 Å². The summed E-state index contributed by atoms with van der Waals surface area (Å²) in [6, 6.07) is 15.1. The van der Waals surface area contributed by atoms with E-state index < -0.39 is 0 Å². The van der Waals surface area contributed by atoms with Crippen LogP contribution in [0.4, 0.5) is 11.4 Å². The van der Waals surface area contributed by atoms with E-state index >= 15 is 0 Å². The first kappa shape index (κ1) is 15.8. The van der Waals surface area contributed by atoms with Crippen molar-refractivity contribution in [2.75, 3.05) is 23.4 Å². The number of carbonyl (C=O) groups excluding carboxylic acids is 2. The van der Waals surface area contributed by atoms with E-state index in [1.165, 1.54) is 5.56 Å². The zero-order valence-electron chi connectivity index (χ0n) is 13.9. The van der Waals surface area contributed by atoms with Gasteiger partial charge in [-0.25, -0.2) is 0 Å². The third-order valence-electron chi connectivity index (χ3n) is 4.73. The molecule has 2 aromatic carbocycles. The Balaban J connectivity index is 1.51. The Hall–Kier alpha value is -2.66. The number of hydrogen-bond acceptors (Lipinski definition) is 3. The van der Waals surface area contributed by atoms with Crippen LogP contribution >= 0.6 is 0 Å². The third-order valence-corrected chi connectivity index (χ3v) is 4.73. The van der Waals surface area contributed by atoms with Gasteiger partial charge >= 0.3 is 0 Å². The molecule has 2 aliphatic rings. The van der Waals surface area contributed by atoms with Gasteiger partial charge in [0.2, 0.25) is 0 Å². The van der Waals surface area contributed by atoms with Gasteiger partial charge in [-0.3, -0.25) is 9.59 Å². The fraction of sp³-hybridized carbons (Fsp3) is 0.300. The molecule has 2 aromatic rings. The third kappa shape index (κ3) is 3.15. The standard InChI is InChI=1S/C20H20N2O3/c23-19(18-9-4-12-25-18)21-16-7-3-6-15(13-16)20(24)22-11-10-14-5-1-2-8-17(14)22/h1-3,5-8,13,18H,4,9-12H2,(H,21,23)/t18-/m0/s1. The summed E-state index contributed by atoms with van der Waals surface area (Å²) in [7, 11) is 0. The van der Waals surface area contributed by atoms with Crippen LogP contribution in [0, 0.1) is 0 Å². The Labute approximate surface area is 146 Å². The predicted molar refractivity (Wildman–Crippen MR) is 95.9 cm³/mol. The Morgan fingerprint density at radius 3 is 2.84 bits per heavy atom. The first-order valence-electron chi connectivity index (χ1n) is 8.65. The minimum atomic E-state index is -0.384. The molecule has 0 spiro atoms. The molecule has 4 rings (SSSR count). The summed E-state index contributed by atoms with van der Waals surface area (Å²) in [5, 5.41) is 2.85. The second-order valence-electron chi connectivity index (χ2n) is 6.41. The van der Waals surface area contributed by atoms with Gasteiger partial charge in [-0.1, -0.05) is 24.3 Å². The van der Waals surface area contributed by atoms with Crippen molar-refractivity contribution in [1.29, 1.82) is 0 Å². The van der Waals surface area contributed by atoms with Gasteiger partial charge in [0.05, 0.1) is 0 Å². The van der Waals surface area contributed by atoms with Crippen molar-refractivity contribution in [1.82, 2.24) is 0 Å². The van der Waals surface area contributed by atoms with Crippen molar-refractivity contribution in [3.63, 3.8) is 0 Å². The lowest BCUT2D eigenvalue weighted by atomic mass is 10.1. The van der Waals surface area contributed by atoms with Crippen molar-refractivity contribution in [2.24, 2.45) is 0 Å². The van der Waals surface area contributed by atoms with Gasteiger partial charge in [-0.05, 0) is 49.1 Å². The van der Waals surface area contributed by atoms with E-state index in [9.17, 15) is 9.59 Å². The van der Waals surface area contributed by atoms with Crippen LogP contribution in [0.25, 0.3) is 0 Å². The number of carbonyl (C=O) groups is 2. The average Bonchev–Trinajstić information content (AvgIpc) is 3.31. The lowest BCUT2D eigenvalue weighted by Gasteiger charge is -2.18. The predicted octanol–water partition coefficient (Wildman–Crippen LogP) is 3.01. The number of hydrogen-bond donors (Lipinski definition) is 1. The molecule has 2 aliphatic heterocycles. The van der Waals surface area contributed by atoms with Gasteiger partial charge < -0.3 is 15.0 Å². The van der Waals surface area contributed by atoms with Gasteiger partial charge in [0.1, 0.15) is 6.10 Å². The molecular formula is C20H20N2O3. The van der Waals surface area contributed by atoms with Gasteiger partial charge in [0.15, 0.2) is 0 Å². The molecule has 1 N–H and O–H groups in total. The molecule has 0 bridgehead atoms. The zero-order chi connectivity index (χ0) is 17.2. The van der Waals surface area contributed by atoms with E-state index in [1.807, 2.05) is 18.2 Å². The van der Waals surface area contributed by atoms with Crippen LogP contribution in [0.2, 0.25) is 0 Å². The summed E-state index contributed by atoms with van der Waals surface area (Å²) in [5.74, 6) is -0.188. The van der Waals surface area contributed by atoms with E-state index in [4.69, 9.17) is 4.74 Å². The van der Waals surface area contributed by atoms with Gasteiger partial charge in [0, 0.05) is 30.1 Å². The first-order chi connectivity index (χ1) is 12.2. The minimum absolute atomic E-state index is 0.0434. The number of fused-ring (bicyclic) bond motifs is 1. The van der Waals surface area contributed by atoms with E-state index in [-0.39, 0.29) is 17.9 Å². The highest BCUT2D eigenvalue weighted by molar-refractivity contribution is 6.08. The number of benzene rings is 2. The van der Waals surface area contributed by atoms with Crippen molar-refractivity contribution in [3.05, 3.63) is 59.7 Å². The Kier molecular flexibility index (Phi) is 4.24. The molecule has 0 aliphatic carbocycles. The smallest absolute Gasteiger partial charge is 0.258 e. The number of rotatable bonds is 3. The molecule has 5 nitrogen and oxygen atoms in total. The second kappa shape index (κ2) is 6.69. The maximum atomic E-state index is 12.9. The van der Waals surface area contributed by atoms with Crippen molar-refractivity contribution < 1.29 is 14.3 Å². The number of anilines is 2. The fourth-order valence-corrected chi connectivity index (χ4v) is 3.44. The summed E-state index contributed by atoms with van der Waals surface area (Å²) in [5.41, 5.74) is 3.36. The Morgan fingerprint density at radius 2 is 2.00 bits per heavy atom. The maximum Gasteiger partial charge on any atom is 0.258 e. The lowest BCUT2D eigenvalue weighted by molar-refractivity contribution is -0.124. The molecule has 0 saturated carbocycles. The molecular weight excluding hydrogens is 316 g/mol. The summed E-state index contributed by atoms with van der Waals surface area (Å²) in [4.78, 5) is 26.9. The van der Waals surface area contributed by atoms with Crippen LogP contribution in [-0.2, 0) is 16.0 Å². The highest BCUT2D eigenvalue weighted by atomic mass is 16.5. The summed E-state index contributed by atoms with van der Waals surface area (Å²) >= 11 is 0. The molecule has 5 heteroatoms. The molecule has 0 aromatic heterocycles. The SMILES string of the molecule is O=C(Nc1cccc(C(=O)N2CCc3ccccc32)c1)[C@@H]1CCCO1. The van der Waals surface area contributed by atoms with E-state index in [1.54, 1.807) is 29.2 Å². The molecule has 25 heavy (non-hydrogen) atoms. The normalized spacial score (nSPS) is 18.9. The van der Waals surface area contributed by atoms with E-state index in [2.05, 4.69) is 11.4 Å². The van der Waals surface area contributed by atoms with Crippen molar-refractivity contribution in [2.45, 2.75) is 25.4 Å². The van der Waals surface area contributed by atoms with E-state index in [0.717, 1.165) is 24.9 Å². The summed E-state index contributed by atoms with van der Waals surface area (Å²) in [6.07, 6.45) is 2.14. The monoisotopic (exact) mass is 336 g/mol. The summed E-state index contributed by atoms with van der Waals surface area (Å²) in [6.45, 7) is 1.32. The quantitative estimate of drug-likeness (QED) is 0.937. The summed E-state index contributed by atoms with van der Waals surface area (Å²) < 4.78 is 5.40. The van der Waals surface area contributed by atoms with Crippen molar-refractivity contribution >= 4 is 23.2 Å². The number of nitrogens with zero attached hydrogens (tertiary/aromatic N) is 1. The zero-order valence-corrected chi connectivity index (χ0v) is 13.9. The molecule has 1 fully saturated rings. The van der Waals surface area contributed by atoms with E-state index in [0.29, 0.717) is 24.4 Å². The van der Waals surface area contributed by atoms with Gasteiger partial charge in [0.25, 0.3) is 11.8 Å². The van der Waals surface area contributed by atoms with Crippen LogP contribution in [0.5, 0.6) is 0 Å². The molecule has 2 heterocycles. The molecule has 1 atom stereocenters. The fourth-order valence-electron chi connectivity index (χ4n) is 3.44. The second-order valence-corrected chi connectivity index (χ2v) is 6.41. The molecule has 2 amide bonds. The van der Waals surface area contributed by atoms with Gasteiger partial charge in [-0.15, -0.1) is 0 Å². The van der Waals surface area contributed by atoms with Crippen LogP contribution in [0.1, 0.15) is 28.8 Å². The largest absolute Gasteiger partial charge is 0.368 e. The Bertz CT molecular complexity index is 812. The topological polar surface area (TPSA) is 58.6 Å². The van der Waals surface area contributed by atoms with Crippen LogP contribution in [0.15, 0.2) is 48.5 Å². The Morgan fingerprint density at radius 1 is 1.12 bits per heavy atom. The van der Waals surface area contributed by atoms with Crippen LogP contribution < -0.4 is 10.2 Å². The molecule has 0 radical (unpaired) electrons. The first-order valence-corrected chi connectivity index (χ1v) is 8.65. The number of amides is 2. The molecule has 1 saturated heterocycles. The van der Waals surface area contributed by atoms with Crippen molar-refractivity contribution in [3.8, 4) is 0 Å². The highest BCUT2D eigenvalue weighted by Crippen LogP contribution is 2.29. The minimum Gasteiger partial charge on any atom is -0.368 e. The average molecular weight is 336 g/mol. The number of nitrogens with one attached hydrogen (secondary N) is 1. The highest BCUT2D eigenvalue weighted by Gasteiger charge is 2.26. The molecule has 0 unspecified atom stereocenters. The maximum absolute atomic E-state index is 12.9. The number of para-hydroxylation sites is 1. The molecule has 128 valence electrons. The van der Waals surface area contributed by atoms with Crippen LogP contribution in [-0.4, -0.2) is 31.1 Å². The van der Waals surface area contributed by atoms with Crippen LogP contribution in [0.3, 0.4) is 0 Å². The lowest BCUT2D eigenvalue weighted by Crippen LogP contribution is -2.29. The number of ether oxygens (including phenoxy) is 1.